The summed E-state index contributed by atoms with van der Waals surface area (Å²) in [6, 6.07) is 22.2. The number of aliphatic hydroxyl groups excluding tert-OH is 1. The zero-order valence-electron chi connectivity index (χ0n) is 19.1. The number of likely N-dealkylation sites (N-methyl/N-ethyl adjacent to an activating group) is 1. The van der Waals surface area contributed by atoms with Gasteiger partial charge in [-0.15, -0.1) is 0 Å². The van der Waals surface area contributed by atoms with E-state index in [2.05, 4.69) is 62.2 Å². The number of rotatable bonds is 5. The molecule has 173 valence electrons. The van der Waals surface area contributed by atoms with E-state index in [1.807, 2.05) is 36.4 Å². The van der Waals surface area contributed by atoms with Gasteiger partial charge in [0.05, 0.1) is 12.1 Å². The molecule has 3 N–H and O–H groups in total. The van der Waals surface area contributed by atoms with Crippen molar-refractivity contribution in [3.63, 3.8) is 0 Å². The topological polar surface area (TPSA) is 88.2 Å². The fraction of sp³-hybridized carbons (Fsp3) is 0.222. The van der Waals surface area contributed by atoms with E-state index in [9.17, 15) is 4.79 Å². The van der Waals surface area contributed by atoms with Gasteiger partial charge in [0.25, 0.3) is 0 Å². The quantitative estimate of drug-likeness (QED) is 0.314. The third-order valence-corrected chi connectivity index (χ3v) is 5.76. The van der Waals surface area contributed by atoms with Gasteiger partial charge in [-0.3, -0.25) is 10.2 Å². The average molecular weight is 486 g/mol. The summed E-state index contributed by atoms with van der Waals surface area (Å²) >= 11 is 0. The zero-order chi connectivity index (χ0) is 23.3. The molecule has 1 aliphatic rings. The van der Waals surface area contributed by atoms with Crippen molar-refractivity contribution < 1.29 is 26.7 Å². The minimum absolute atomic E-state index is 0. The van der Waals surface area contributed by atoms with Crippen molar-refractivity contribution in [2.75, 3.05) is 11.9 Å². The van der Waals surface area contributed by atoms with E-state index < -0.39 is 5.90 Å². The monoisotopic (exact) mass is 486 g/mol. The molecule has 5 nitrogen and oxygen atoms in total. The van der Waals surface area contributed by atoms with Crippen LogP contribution in [0.25, 0.3) is 10.8 Å². The van der Waals surface area contributed by atoms with Crippen LogP contribution < -0.4 is 4.90 Å². The molecule has 0 saturated carbocycles. The first-order valence-electron chi connectivity index (χ1n) is 10.5. The second-order valence-corrected chi connectivity index (χ2v) is 8.41. The Labute approximate surface area is 205 Å². The second-order valence-electron chi connectivity index (χ2n) is 8.41. The Morgan fingerprint density at radius 1 is 1.03 bits per heavy atom. The third kappa shape index (κ3) is 5.77. The first-order chi connectivity index (χ1) is 15.3. The summed E-state index contributed by atoms with van der Waals surface area (Å²) in [5.41, 5.74) is 4.65. The van der Waals surface area contributed by atoms with Gasteiger partial charge in [-0.2, -0.15) is 0 Å². The number of nitrogens with one attached hydrogen (secondary N) is 2. The number of nitrogens with zero attached hydrogens (tertiary/aromatic N) is 1. The van der Waals surface area contributed by atoms with Gasteiger partial charge in [0.15, 0.2) is 5.90 Å². The van der Waals surface area contributed by atoms with Crippen molar-refractivity contribution in [1.82, 2.24) is 0 Å². The molecule has 0 saturated heterocycles. The maximum Gasteiger partial charge on any atom is 0.185 e. The van der Waals surface area contributed by atoms with Gasteiger partial charge in [-0.1, -0.05) is 80.6 Å². The van der Waals surface area contributed by atoms with E-state index in [-0.39, 0.29) is 40.8 Å². The molecule has 0 aliphatic carbocycles. The van der Waals surface area contributed by atoms with Gasteiger partial charge in [0.1, 0.15) is 5.78 Å². The van der Waals surface area contributed by atoms with Gasteiger partial charge in [0, 0.05) is 53.0 Å². The van der Waals surface area contributed by atoms with E-state index in [4.69, 9.17) is 15.9 Å². The fourth-order valence-electron chi connectivity index (χ4n) is 4.27. The largest absolute Gasteiger partial charge is 0.496 e. The summed E-state index contributed by atoms with van der Waals surface area (Å²) in [7, 11) is 2.09. The van der Waals surface area contributed by atoms with Crippen LogP contribution in [-0.2, 0) is 33.4 Å². The number of fused-ring (bicyclic) bond motifs is 3. The summed E-state index contributed by atoms with van der Waals surface area (Å²) < 4.78 is 0. The molecule has 0 aromatic heterocycles. The number of anilines is 1. The van der Waals surface area contributed by atoms with Crippen LogP contribution in [0.2, 0.25) is 0 Å². The fourth-order valence-corrected chi connectivity index (χ4v) is 4.27. The molecule has 6 heteroatoms. The van der Waals surface area contributed by atoms with E-state index in [1.54, 1.807) is 0 Å². The minimum Gasteiger partial charge on any atom is -0.496 e. The molecule has 33 heavy (non-hydrogen) atoms. The number of carbonyl (C=O) groups excluding carboxylic acids is 1. The normalized spacial score (nSPS) is 14.6. The number of Topliss-reactive ketones (excluding diaryl/α,β-unsaturated/α-hetero) is 1. The number of carbonyl (C=O) groups is 1. The Hall–Kier alpha value is -3.22. The van der Waals surface area contributed by atoms with Crippen LogP contribution in [-0.4, -0.2) is 30.0 Å². The first-order valence-corrected chi connectivity index (χ1v) is 10.5. The molecule has 0 spiro atoms. The van der Waals surface area contributed by atoms with Crippen molar-refractivity contribution in [1.29, 1.82) is 10.8 Å². The Kier molecular flexibility index (Phi) is 8.74. The molecule has 1 radical (unpaired) electrons. The molecule has 1 aliphatic heterocycles. The van der Waals surface area contributed by atoms with E-state index in [0.29, 0.717) is 0 Å². The maximum absolute atomic E-state index is 11.1. The van der Waals surface area contributed by atoms with Crippen molar-refractivity contribution >= 4 is 34.4 Å². The van der Waals surface area contributed by atoms with Crippen LogP contribution in [0.5, 0.6) is 0 Å². The summed E-state index contributed by atoms with van der Waals surface area (Å²) in [6.45, 7) is 4.44. The number of ketones is 1. The summed E-state index contributed by atoms with van der Waals surface area (Å²) in [5, 5.41) is 25.2. The van der Waals surface area contributed by atoms with Gasteiger partial charge in [-0.05, 0) is 22.6 Å². The van der Waals surface area contributed by atoms with Crippen LogP contribution in [0, 0.1) is 10.8 Å². The van der Waals surface area contributed by atoms with Gasteiger partial charge >= 0.3 is 0 Å². The predicted molar refractivity (Wildman–Crippen MR) is 132 cm³/mol. The van der Waals surface area contributed by atoms with Crippen LogP contribution in [0.15, 0.2) is 78.5 Å². The zero-order valence-corrected chi connectivity index (χ0v) is 20.1. The molecule has 0 atom stereocenters. The van der Waals surface area contributed by atoms with Crippen LogP contribution in [0.1, 0.15) is 31.4 Å². The van der Waals surface area contributed by atoms with Crippen molar-refractivity contribution in [3.8, 4) is 0 Å². The number of aliphatic hydroxyl groups is 1. The third-order valence-electron chi connectivity index (χ3n) is 5.76. The number of hydrogen-bond acceptors (Lipinski definition) is 4. The Morgan fingerprint density at radius 3 is 2.30 bits per heavy atom. The van der Waals surface area contributed by atoms with Gasteiger partial charge in [-0.25, -0.2) is 0 Å². The Balaban J connectivity index is 0.000000244. The average Bonchev–Trinajstić information content (AvgIpc) is 2.95. The molecule has 0 unspecified atom stereocenters. The number of allylic oxidation sites excluding steroid dienone is 2. The van der Waals surface area contributed by atoms with Gasteiger partial charge < -0.3 is 15.4 Å². The molecule has 3 aromatic rings. The molecule has 0 amide bonds. The molecule has 1 heterocycles. The summed E-state index contributed by atoms with van der Waals surface area (Å²) in [6.07, 6.45) is 3.38. The smallest absolute Gasteiger partial charge is 0.185 e. The molecular formula is C27H29CoN3O2. The van der Waals surface area contributed by atoms with Crippen LogP contribution >= 0.6 is 0 Å². The van der Waals surface area contributed by atoms with Crippen molar-refractivity contribution in [2.24, 2.45) is 0 Å². The summed E-state index contributed by atoms with van der Waals surface area (Å²) in [4.78, 5) is 13.3. The van der Waals surface area contributed by atoms with Gasteiger partial charge in [0.2, 0.25) is 0 Å². The summed E-state index contributed by atoms with van der Waals surface area (Å²) in [5.74, 6) is -0.709. The standard InChI is InChI=1S/C17H18N2.C10H11NO2.Co/c1-17(2)14-9-8-12-6-4-5-7-13(12)16(14)19(3)15(17)10-11-18;11-10(13)7-9(12)6-8-4-2-1-3-5-8;/h4-11,18H,1-3H3;1-5H,6-7H2,(H2,11,13);/b15-10-,18-11?;;. The first kappa shape index (κ1) is 26.0. The molecule has 4 rings (SSSR count). The SMILES string of the molecule is CN1/C(=C\C=N)C(C)(C)c2ccc3ccccc3c21.N=C(O)CC(=O)Cc1ccccc1.[Co]. The number of hydrogen-bond donors (Lipinski definition) is 3. The Morgan fingerprint density at radius 2 is 1.67 bits per heavy atom. The molecule has 3 aromatic carbocycles. The maximum atomic E-state index is 11.1. The minimum atomic E-state index is -0.569. The molecule has 0 fully saturated rings. The molecule has 0 bridgehead atoms. The van der Waals surface area contributed by atoms with E-state index >= 15 is 0 Å². The van der Waals surface area contributed by atoms with Crippen molar-refractivity contribution in [3.05, 3.63) is 89.6 Å². The van der Waals surface area contributed by atoms with Crippen LogP contribution in [0.4, 0.5) is 5.69 Å². The van der Waals surface area contributed by atoms with E-state index in [0.717, 1.165) is 5.56 Å². The van der Waals surface area contributed by atoms with Crippen LogP contribution in [0.3, 0.4) is 0 Å². The van der Waals surface area contributed by atoms with E-state index in [1.165, 1.54) is 33.9 Å². The molecular weight excluding hydrogens is 457 g/mol. The predicted octanol–water partition coefficient (Wildman–Crippen LogP) is 5.82. The Bertz CT molecular complexity index is 1190. The number of benzene rings is 3. The van der Waals surface area contributed by atoms with Crippen molar-refractivity contribution in [2.45, 2.75) is 32.1 Å². The second kappa shape index (κ2) is 11.1.